The Morgan fingerprint density at radius 2 is 1.93 bits per heavy atom. The topological polar surface area (TPSA) is 72.2 Å². The van der Waals surface area contributed by atoms with E-state index in [4.69, 9.17) is 0 Å². The van der Waals surface area contributed by atoms with Gasteiger partial charge in [0.2, 0.25) is 5.91 Å². The molecule has 4 aromatic rings. The molecule has 4 rings (SSSR count). The number of benzene rings is 1. The molecule has 136 valence electrons. The van der Waals surface area contributed by atoms with Crippen LogP contribution in [0, 0.1) is 13.8 Å². The van der Waals surface area contributed by atoms with Gasteiger partial charge < -0.3 is 5.32 Å². The van der Waals surface area contributed by atoms with Crippen molar-refractivity contribution in [3.05, 3.63) is 69.9 Å². The molecule has 1 aromatic carbocycles. The van der Waals surface area contributed by atoms with Gasteiger partial charge in [0.1, 0.15) is 0 Å². The Kier molecular flexibility index (Phi) is 4.68. The number of aromatic nitrogens is 4. The minimum atomic E-state index is -0.0558. The standard InChI is InChI=1S/C20H19N5OS/c1-13-6-8-15(9-7-13)20-16(27-14(2)22-20)11-19(26)21-12-18-24-23-17-5-3-4-10-25(17)18/h3-10H,11-12H2,1-2H3,(H,21,26). The first kappa shape index (κ1) is 17.4. The van der Waals surface area contributed by atoms with E-state index in [1.807, 2.05) is 47.9 Å². The Labute approximate surface area is 160 Å². The van der Waals surface area contributed by atoms with Crippen LogP contribution < -0.4 is 5.32 Å². The molecule has 0 atom stereocenters. The molecule has 3 aromatic heterocycles. The van der Waals surface area contributed by atoms with Gasteiger partial charge in [0.05, 0.1) is 23.7 Å². The first-order valence-electron chi connectivity index (χ1n) is 8.69. The zero-order valence-corrected chi connectivity index (χ0v) is 16.0. The van der Waals surface area contributed by atoms with E-state index in [1.54, 1.807) is 11.3 Å². The number of rotatable bonds is 5. The van der Waals surface area contributed by atoms with Crippen molar-refractivity contribution in [1.82, 2.24) is 24.9 Å². The minimum Gasteiger partial charge on any atom is -0.348 e. The van der Waals surface area contributed by atoms with Crippen LogP contribution in [0.4, 0.5) is 0 Å². The highest BCUT2D eigenvalue weighted by Gasteiger charge is 2.15. The molecule has 3 heterocycles. The zero-order chi connectivity index (χ0) is 18.8. The Hall–Kier alpha value is -3.06. The van der Waals surface area contributed by atoms with Crippen LogP contribution in [0.2, 0.25) is 0 Å². The number of hydrogen-bond acceptors (Lipinski definition) is 5. The SMILES string of the molecule is Cc1ccc(-c2nc(C)sc2CC(=O)NCc2nnc3ccccn23)cc1. The third-order valence-electron chi connectivity index (χ3n) is 4.28. The van der Waals surface area contributed by atoms with E-state index in [9.17, 15) is 4.79 Å². The van der Waals surface area contributed by atoms with Gasteiger partial charge in [-0.15, -0.1) is 21.5 Å². The predicted molar refractivity (Wildman–Crippen MR) is 106 cm³/mol. The quantitative estimate of drug-likeness (QED) is 0.579. The van der Waals surface area contributed by atoms with Gasteiger partial charge in [-0.05, 0) is 26.0 Å². The molecule has 0 bridgehead atoms. The van der Waals surface area contributed by atoms with Gasteiger partial charge in [0.25, 0.3) is 0 Å². The van der Waals surface area contributed by atoms with Gasteiger partial charge in [0, 0.05) is 16.6 Å². The minimum absolute atomic E-state index is 0.0558. The predicted octanol–water partition coefficient (Wildman–Crippen LogP) is 3.33. The lowest BCUT2D eigenvalue weighted by molar-refractivity contribution is -0.120. The molecule has 0 aliphatic carbocycles. The van der Waals surface area contributed by atoms with E-state index in [2.05, 4.69) is 39.6 Å². The van der Waals surface area contributed by atoms with Crippen molar-refractivity contribution in [2.45, 2.75) is 26.8 Å². The van der Waals surface area contributed by atoms with E-state index < -0.39 is 0 Å². The lowest BCUT2D eigenvalue weighted by atomic mass is 10.1. The molecule has 1 N–H and O–H groups in total. The highest BCUT2D eigenvalue weighted by atomic mass is 32.1. The molecule has 0 aliphatic rings. The van der Waals surface area contributed by atoms with Crippen LogP contribution in [0.1, 0.15) is 21.3 Å². The molecule has 27 heavy (non-hydrogen) atoms. The molecule has 0 fully saturated rings. The van der Waals surface area contributed by atoms with Gasteiger partial charge in [-0.1, -0.05) is 35.9 Å². The maximum atomic E-state index is 12.5. The summed E-state index contributed by atoms with van der Waals surface area (Å²) in [5, 5.41) is 12.1. The van der Waals surface area contributed by atoms with Crippen LogP contribution in [0.15, 0.2) is 48.7 Å². The summed E-state index contributed by atoms with van der Waals surface area (Å²) in [5.41, 5.74) is 3.89. The van der Waals surface area contributed by atoms with Crippen molar-refractivity contribution in [3.8, 4) is 11.3 Å². The third kappa shape index (κ3) is 3.73. The summed E-state index contributed by atoms with van der Waals surface area (Å²) >= 11 is 1.56. The summed E-state index contributed by atoms with van der Waals surface area (Å²) in [4.78, 5) is 18.1. The van der Waals surface area contributed by atoms with Crippen molar-refractivity contribution < 1.29 is 4.79 Å². The van der Waals surface area contributed by atoms with Gasteiger partial charge in [-0.2, -0.15) is 0 Å². The van der Waals surface area contributed by atoms with Crippen molar-refractivity contribution >= 4 is 22.9 Å². The van der Waals surface area contributed by atoms with E-state index in [1.165, 1.54) is 5.56 Å². The number of carbonyl (C=O) groups is 1. The number of nitrogens with zero attached hydrogens (tertiary/aromatic N) is 4. The van der Waals surface area contributed by atoms with Crippen molar-refractivity contribution in [2.75, 3.05) is 0 Å². The number of fused-ring (bicyclic) bond motifs is 1. The smallest absolute Gasteiger partial charge is 0.225 e. The van der Waals surface area contributed by atoms with Crippen LogP contribution in [0.25, 0.3) is 16.9 Å². The van der Waals surface area contributed by atoms with Gasteiger partial charge in [-0.3, -0.25) is 9.20 Å². The largest absolute Gasteiger partial charge is 0.348 e. The van der Waals surface area contributed by atoms with Crippen LogP contribution >= 0.6 is 11.3 Å². The maximum Gasteiger partial charge on any atom is 0.225 e. The maximum absolute atomic E-state index is 12.5. The summed E-state index contributed by atoms with van der Waals surface area (Å²) in [5.74, 6) is 0.651. The van der Waals surface area contributed by atoms with Gasteiger partial charge in [0.15, 0.2) is 11.5 Å². The first-order chi connectivity index (χ1) is 13.1. The van der Waals surface area contributed by atoms with Crippen molar-refractivity contribution in [1.29, 1.82) is 0 Å². The number of nitrogens with one attached hydrogen (secondary N) is 1. The summed E-state index contributed by atoms with van der Waals surface area (Å²) < 4.78 is 1.87. The monoisotopic (exact) mass is 377 g/mol. The molecule has 0 saturated heterocycles. The Bertz CT molecular complexity index is 1100. The second kappa shape index (κ2) is 7.28. The number of carbonyl (C=O) groups excluding carboxylic acids is 1. The fourth-order valence-corrected chi connectivity index (χ4v) is 3.88. The highest BCUT2D eigenvalue weighted by Crippen LogP contribution is 2.28. The van der Waals surface area contributed by atoms with E-state index >= 15 is 0 Å². The van der Waals surface area contributed by atoms with Gasteiger partial charge >= 0.3 is 0 Å². The van der Waals surface area contributed by atoms with Crippen LogP contribution in [0.3, 0.4) is 0 Å². The molecule has 0 spiro atoms. The number of amides is 1. The normalized spacial score (nSPS) is 11.0. The molecular weight excluding hydrogens is 358 g/mol. The zero-order valence-electron chi connectivity index (χ0n) is 15.1. The highest BCUT2D eigenvalue weighted by molar-refractivity contribution is 7.12. The summed E-state index contributed by atoms with van der Waals surface area (Å²) in [7, 11) is 0. The van der Waals surface area contributed by atoms with Crippen molar-refractivity contribution in [2.24, 2.45) is 0 Å². The Morgan fingerprint density at radius 3 is 2.74 bits per heavy atom. The average Bonchev–Trinajstić information content (AvgIpc) is 3.24. The summed E-state index contributed by atoms with van der Waals surface area (Å²) in [6.45, 7) is 4.35. The second-order valence-corrected chi connectivity index (χ2v) is 7.66. The first-order valence-corrected chi connectivity index (χ1v) is 9.50. The number of aryl methyl sites for hydroxylation is 2. The lowest BCUT2D eigenvalue weighted by Gasteiger charge is -2.05. The fraction of sp³-hybridized carbons (Fsp3) is 0.200. The number of thiazole rings is 1. The average molecular weight is 377 g/mol. The summed E-state index contributed by atoms with van der Waals surface area (Å²) in [6.07, 6.45) is 2.18. The molecule has 0 aliphatic heterocycles. The van der Waals surface area contributed by atoms with Crippen LogP contribution in [-0.2, 0) is 17.8 Å². The van der Waals surface area contributed by atoms with E-state index in [0.717, 1.165) is 26.8 Å². The molecule has 7 heteroatoms. The third-order valence-corrected chi connectivity index (χ3v) is 5.25. The lowest BCUT2D eigenvalue weighted by Crippen LogP contribution is -2.25. The Balaban J connectivity index is 1.48. The van der Waals surface area contributed by atoms with E-state index in [-0.39, 0.29) is 5.91 Å². The molecule has 0 unspecified atom stereocenters. The van der Waals surface area contributed by atoms with E-state index in [0.29, 0.717) is 18.8 Å². The summed E-state index contributed by atoms with van der Waals surface area (Å²) in [6, 6.07) is 13.9. The number of hydrogen-bond donors (Lipinski definition) is 1. The number of pyridine rings is 1. The Morgan fingerprint density at radius 1 is 1.11 bits per heavy atom. The van der Waals surface area contributed by atoms with Crippen molar-refractivity contribution in [3.63, 3.8) is 0 Å². The van der Waals surface area contributed by atoms with Crippen LogP contribution in [0.5, 0.6) is 0 Å². The van der Waals surface area contributed by atoms with Crippen LogP contribution in [-0.4, -0.2) is 25.5 Å². The molecule has 0 saturated carbocycles. The molecular formula is C20H19N5OS. The molecule has 0 radical (unpaired) electrons. The molecule has 1 amide bonds. The molecule has 6 nitrogen and oxygen atoms in total. The fourth-order valence-electron chi connectivity index (χ4n) is 2.92. The second-order valence-electron chi connectivity index (χ2n) is 6.37. The van der Waals surface area contributed by atoms with Gasteiger partial charge in [-0.25, -0.2) is 4.98 Å².